The molecular formula is C12H14ClN5O2. The van der Waals surface area contributed by atoms with Crippen molar-refractivity contribution in [1.29, 1.82) is 0 Å². The Labute approximate surface area is 119 Å². The Morgan fingerprint density at radius 1 is 1.35 bits per heavy atom. The van der Waals surface area contributed by atoms with Crippen LogP contribution in [0.1, 0.15) is 19.0 Å². The molecule has 0 saturated heterocycles. The van der Waals surface area contributed by atoms with E-state index in [-0.39, 0.29) is 11.6 Å². The van der Waals surface area contributed by atoms with Gasteiger partial charge in [-0.25, -0.2) is 9.78 Å². The number of nitrogens with one attached hydrogen (secondary N) is 2. The third-order valence-electron chi connectivity index (χ3n) is 2.56. The van der Waals surface area contributed by atoms with Gasteiger partial charge in [0.2, 0.25) is 0 Å². The van der Waals surface area contributed by atoms with E-state index in [1.807, 2.05) is 0 Å². The Morgan fingerprint density at radius 2 is 2.15 bits per heavy atom. The van der Waals surface area contributed by atoms with Crippen molar-refractivity contribution < 1.29 is 0 Å². The summed E-state index contributed by atoms with van der Waals surface area (Å²) in [6, 6.07) is 0. The molecule has 0 saturated carbocycles. The van der Waals surface area contributed by atoms with Gasteiger partial charge in [0.1, 0.15) is 10.8 Å². The second-order valence-corrected chi connectivity index (χ2v) is 4.59. The van der Waals surface area contributed by atoms with Gasteiger partial charge >= 0.3 is 5.69 Å². The van der Waals surface area contributed by atoms with Crippen LogP contribution >= 0.6 is 11.6 Å². The summed E-state index contributed by atoms with van der Waals surface area (Å²) in [5, 5.41) is 3.06. The minimum atomic E-state index is -0.599. The van der Waals surface area contributed by atoms with E-state index >= 15 is 0 Å². The number of aromatic nitrogens is 4. The Kier molecular flexibility index (Phi) is 4.52. The van der Waals surface area contributed by atoms with E-state index in [4.69, 9.17) is 11.6 Å². The molecule has 0 bridgehead atoms. The van der Waals surface area contributed by atoms with Gasteiger partial charge in [0.15, 0.2) is 0 Å². The second kappa shape index (κ2) is 6.33. The van der Waals surface area contributed by atoms with E-state index in [0.29, 0.717) is 11.5 Å². The number of hydrogen-bond acceptors (Lipinski definition) is 5. The zero-order valence-electron chi connectivity index (χ0n) is 10.9. The Balaban J connectivity index is 2.16. The maximum atomic E-state index is 11.6. The second-order valence-electron chi connectivity index (χ2n) is 4.18. The van der Waals surface area contributed by atoms with Gasteiger partial charge in [-0.15, -0.1) is 0 Å². The highest BCUT2D eigenvalue weighted by Crippen LogP contribution is 2.03. The van der Waals surface area contributed by atoms with E-state index in [1.165, 1.54) is 10.8 Å². The van der Waals surface area contributed by atoms with Gasteiger partial charge in [-0.05, 0) is 6.42 Å². The lowest BCUT2D eigenvalue weighted by Crippen LogP contribution is -2.30. The van der Waals surface area contributed by atoms with Crippen molar-refractivity contribution in [2.45, 2.75) is 19.9 Å². The monoisotopic (exact) mass is 295 g/mol. The minimum absolute atomic E-state index is 0.0428. The number of hydrogen-bond donors (Lipinski definition) is 2. The van der Waals surface area contributed by atoms with Crippen molar-refractivity contribution in [3.8, 4) is 0 Å². The molecule has 0 amide bonds. The fourth-order valence-corrected chi connectivity index (χ4v) is 1.72. The van der Waals surface area contributed by atoms with E-state index in [9.17, 15) is 9.59 Å². The van der Waals surface area contributed by atoms with Crippen molar-refractivity contribution in [2.75, 3.05) is 11.9 Å². The molecule has 0 aliphatic carbocycles. The molecule has 8 heteroatoms. The summed E-state index contributed by atoms with van der Waals surface area (Å²) in [6.07, 6.45) is 5.45. The molecule has 0 fully saturated rings. The third-order valence-corrected chi connectivity index (χ3v) is 2.83. The summed E-state index contributed by atoms with van der Waals surface area (Å²) < 4.78 is 1.27. The van der Waals surface area contributed by atoms with E-state index < -0.39 is 11.2 Å². The first-order valence-electron chi connectivity index (χ1n) is 6.14. The van der Waals surface area contributed by atoms with Crippen LogP contribution in [0.3, 0.4) is 0 Å². The highest BCUT2D eigenvalue weighted by molar-refractivity contribution is 6.30. The van der Waals surface area contributed by atoms with Crippen LogP contribution in [0.5, 0.6) is 0 Å². The summed E-state index contributed by atoms with van der Waals surface area (Å²) in [5.74, 6) is 0.683. The van der Waals surface area contributed by atoms with Crippen molar-refractivity contribution >= 4 is 17.4 Å². The Morgan fingerprint density at radius 3 is 2.80 bits per heavy atom. The van der Waals surface area contributed by atoms with Crippen molar-refractivity contribution in [3.05, 3.63) is 50.1 Å². The largest absolute Gasteiger partial charge is 0.369 e. The molecule has 2 rings (SSSR count). The molecule has 2 aromatic heterocycles. The van der Waals surface area contributed by atoms with Crippen molar-refractivity contribution in [1.82, 2.24) is 19.5 Å². The van der Waals surface area contributed by atoms with Crippen LogP contribution in [-0.4, -0.2) is 26.1 Å². The van der Waals surface area contributed by atoms with Crippen LogP contribution < -0.4 is 16.6 Å². The number of aromatic amines is 1. The van der Waals surface area contributed by atoms with Crippen LogP contribution in [0.15, 0.2) is 28.2 Å². The molecular weight excluding hydrogens is 282 g/mol. The van der Waals surface area contributed by atoms with Crippen molar-refractivity contribution in [3.63, 3.8) is 0 Å². The molecule has 0 aromatic carbocycles. The lowest BCUT2D eigenvalue weighted by Gasteiger charge is -2.06. The van der Waals surface area contributed by atoms with E-state index in [2.05, 4.69) is 27.2 Å². The van der Waals surface area contributed by atoms with Crippen LogP contribution in [0.2, 0.25) is 5.02 Å². The van der Waals surface area contributed by atoms with Gasteiger partial charge in [-0.2, -0.15) is 0 Å². The number of anilines is 1. The Bertz CT molecular complexity index is 692. The maximum absolute atomic E-state index is 11.6. The predicted molar refractivity (Wildman–Crippen MR) is 76.2 cm³/mol. The standard InChI is InChI=1S/C12H14ClN5O2/c1-2-3-14-10-5-15-8(4-16-10)6-18-7-9(13)11(19)17-12(18)20/h4-5,7H,2-3,6H2,1H3,(H,14,16)(H,17,19,20). The molecule has 106 valence electrons. The first-order chi connectivity index (χ1) is 9.60. The zero-order valence-corrected chi connectivity index (χ0v) is 11.6. The summed E-state index contributed by atoms with van der Waals surface area (Å²) in [4.78, 5) is 33.3. The highest BCUT2D eigenvalue weighted by atomic mass is 35.5. The zero-order chi connectivity index (χ0) is 14.5. The topological polar surface area (TPSA) is 92.7 Å². The summed E-state index contributed by atoms with van der Waals surface area (Å²) >= 11 is 5.68. The van der Waals surface area contributed by atoms with Crippen LogP contribution in [0, 0.1) is 0 Å². The number of rotatable bonds is 5. The molecule has 0 aliphatic rings. The van der Waals surface area contributed by atoms with E-state index in [0.717, 1.165) is 13.0 Å². The fraction of sp³-hybridized carbons (Fsp3) is 0.333. The lowest BCUT2D eigenvalue weighted by molar-refractivity contribution is 0.702. The minimum Gasteiger partial charge on any atom is -0.369 e. The number of H-pyrrole nitrogens is 1. The van der Waals surface area contributed by atoms with Gasteiger partial charge in [-0.3, -0.25) is 19.3 Å². The van der Waals surface area contributed by atoms with Crippen LogP contribution in [-0.2, 0) is 6.54 Å². The molecule has 2 heterocycles. The molecule has 7 nitrogen and oxygen atoms in total. The average molecular weight is 296 g/mol. The smallest absolute Gasteiger partial charge is 0.328 e. The highest BCUT2D eigenvalue weighted by Gasteiger charge is 2.04. The first kappa shape index (κ1) is 14.3. The molecule has 0 spiro atoms. The van der Waals surface area contributed by atoms with Gasteiger partial charge < -0.3 is 5.32 Å². The molecule has 0 aliphatic heterocycles. The average Bonchev–Trinajstić information content (AvgIpc) is 2.44. The SMILES string of the molecule is CCCNc1cnc(Cn2cc(Cl)c(=O)[nH]c2=O)cn1. The molecule has 2 aromatic rings. The molecule has 0 atom stereocenters. The molecule has 20 heavy (non-hydrogen) atoms. The third kappa shape index (κ3) is 3.45. The Hall–Kier alpha value is -2.15. The van der Waals surface area contributed by atoms with E-state index in [1.54, 1.807) is 12.4 Å². The molecule has 2 N–H and O–H groups in total. The van der Waals surface area contributed by atoms with Crippen LogP contribution in [0.4, 0.5) is 5.82 Å². The van der Waals surface area contributed by atoms with Gasteiger partial charge in [0.05, 0.1) is 24.6 Å². The molecule has 0 radical (unpaired) electrons. The van der Waals surface area contributed by atoms with Crippen LogP contribution in [0.25, 0.3) is 0 Å². The molecule has 0 unspecified atom stereocenters. The number of halogens is 1. The summed E-state index contributed by atoms with van der Waals surface area (Å²) in [6.45, 7) is 3.07. The number of nitrogens with zero attached hydrogens (tertiary/aromatic N) is 3. The quantitative estimate of drug-likeness (QED) is 0.853. The fourth-order valence-electron chi connectivity index (χ4n) is 1.56. The van der Waals surface area contributed by atoms with Gasteiger partial charge in [-0.1, -0.05) is 18.5 Å². The van der Waals surface area contributed by atoms with Gasteiger partial charge in [0.25, 0.3) is 5.56 Å². The maximum Gasteiger partial charge on any atom is 0.328 e. The summed E-state index contributed by atoms with van der Waals surface area (Å²) in [5.41, 5.74) is -0.537. The predicted octanol–water partition coefficient (Wildman–Crippen LogP) is 0.850. The lowest BCUT2D eigenvalue weighted by atomic mass is 10.4. The summed E-state index contributed by atoms with van der Waals surface area (Å²) in [7, 11) is 0. The van der Waals surface area contributed by atoms with Crippen molar-refractivity contribution in [2.24, 2.45) is 0 Å². The first-order valence-corrected chi connectivity index (χ1v) is 6.52. The van der Waals surface area contributed by atoms with Gasteiger partial charge in [0, 0.05) is 12.7 Å². The normalized spacial score (nSPS) is 10.5.